The number of unbranched alkanes of at least 4 members (excludes halogenated alkanes) is 2. The van der Waals surface area contributed by atoms with Crippen LogP contribution in [0.4, 0.5) is 0 Å². The molecule has 0 spiro atoms. The van der Waals surface area contributed by atoms with E-state index >= 15 is 0 Å². The van der Waals surface area contributed by atoms with Gasteiger partial charge in [0, 0.05) is 6.42 Å². The molecule has 0 aliphatic heterocycles. The molecule has 0 aromatic heterocycles. The summed E-state index contributed by atoms with van der Waals surface area (Å²) in [7, 11) is 1.42. The molecule has 0 saturated carbocycles. The number of hydrogen-bond donors (Lipinski definition) is 1. The third kappa shape index (κ3) is 9.06. The van der Waals surface area contributed by atoms with Crippen molar-refractivity contribution in [3.8, 4) is 5.75 Å². The van der Waals surface area contributed by atoms with Crippen LogP contribution in [0.5, 0.6) is 5.75 Å². The fourth-order valence-electron chi connectivity index (χ4n) is 1.05. The quantitative estimate of drug-likeness (QED) is 0.631. The van der Waals surface area contributed by atoms with Gasteiger partial charge in [-0.05, 0) is 18.6 Å². The Morgan fingerprint density at radius 1 is 1.25 bits per heavy atom. The Labute approximate surface area is 97.1 Å². The first kappa shape index (κ1) is 14.5. The lowest BCUT2D eigenvalue weighted by Gasteiger charge is -1.95. The lowest BCUT2D eigenvalue weighted by Crippen LogP contribution is -1.98. The number of carbonyl (C=O) groups excluding carboxylic acids is 1. The fourth-order valence-corrected chi connectivity index (χ4v) is 1.05. The molecule has 0 atom stereocenters. The van der Waals surface area contributed by atoms with Crippen molar-refractivity contribution in [1.82, 2.24) is 0 Å². The molecule has 3 heteroatoms. The number of ether oxygens (including phenoxy) is 1. The molecule has 0 aliphatic carbocycles. The summed E-state index contributed by atoms with van der Waals surface area (Å²) in [4.78, 5) is 10.5. The number of esters is 1. The maximum absolute atomic E-state index is 10.5. The minimum atomic E-state index is -0.0940. The number of aromatic hydroxyl groups is 1. The summed E-state index contributed by atoms with van der Waals surface area (Å²) < 4.78 is 4.46. The number of hydrogen-bond acceptors (Lipinski definition) is 3. The summed E-state index contributed by atoms with van der Waals surface area (Å²) in [5.74, 6) is 0.228. The molecule has 1 aromatic rings. The van der Waals surface area contributed by atoms with Crippen LogP contribution in [0.2, 0.25) is 0 Å². The third-order valence-electron chi connectivity index (χ3n) is 1.97. The highest BCUT2D eigenvalue weighted by Crippen LogP contribution is 2.02. The largest absolute Gasteiger partial charge is 0.508 e. The summed E-state index contributed by atoms with van der Waals surface area (Å²) in [6.45, 7) is 2.11. The monoisotopic (exact) mass is 224 g/mol. The van der Waals surface area contributed by atoms with Crippen molar-refractivity contribution >= 4 is 5.97 Å². The fraction of sp³-hybridized carbons (Fsp3) is 0.462. The Balaban J connectivity index is 0.000000288. The summed E-state index contributed by atoms with van der Waals surface area (Å²) in [6.07, 6.45) is 3.81. The molecule has 1 aromatic carbocycles. The van der Waals surface area contributed by atoms with Crippen LogP contribution in [-0.4, -0.2) is 18.2 Å². The van der Waals surface area contributed by atoms with Gasteiger partial charge in [-0.25, -0.2) is 0 Å². The summed E-state index contributed by atoms with van der Waals surface area (Å²) >= 11 is 0. The molecule has 3 nitrogen and oxygen atoms in total. The Bertz CT molecular complexity index is 270. The zero-order chi connectivity index (χ0) is 12.2. The van der Waals surface area contributed by atoms with E-state index in [9.17, 15) is 4.79 Å². The highest BCUT2D eigenvalue weighted by atomic mass is 16.5. The number of benzene rings is 1. The van der Waals surface area contributed by atoms with E-state index in [4.69, 9.17) is 5.11 Å². The molecule has 1 N–H and O–H groups in total. The number of rotatable bonds is 4. The molecule has 0 heterocycles. The molecule has 0 fully saturated rings. The minimum Gasteiger partial charge on any atom is -0.508 e. The van der Waals surface area contributed by atoms with Crippen LogP contribution in [0.25, 0.3) is 0 Å². The van der Waals surface area contributed by atoms with Crippen molar-refractivity contribution in [3.63, 3.8) is 0 Å². The van der Waals surface area contributed by atoms with E-state index < -0.39 is 0 Å². The van der Waals surface area contributed by atoms with Crippen molar-refractivity contribution in [2.75, 3.05) is 7.11 Å². The number of phenols is 1. The Morgan fingerprint density at radius 2 is 1.88 bits per heavy atom. The van der Waals surface area contributed by atoms with Gasteiger partial charge < -0.3 is 9.84 Å². The van der Waals surface area contributed by atoms with Gasteiger partial charge in [-0.15, -0.1) is 0 Å². The second-order valence-electron chi connectivity index (χ2n) is 3.37. The van der Waals surface area contributed by atoms with Crippen LogP contribution in [-0.2, 0) is 9.53 Å². The van der Waals surface area contributed by atoms with Gasteiger partial charge in [0.05, 0.1) is 7.11 Å². The topological polar surface area (TPSA) is 46.5 Å². The Kier molecular flexibility index (Phi) is 9.08. The molecule has 0 amide bonds. The minimum absolute atomic E-state index is 0.0940. The molecular formula is C13H20O3. The molecule has 16 heavy (non-hydrogen) atoms. The summed E-state index contributed by atoms with van der Waals surface area (Å²) in [6, 6.07) is 8.71. The number of phenolic OH excluding ortho intramolecular Hbond substituents is 1. The van der Waals surface area contributed by atoms with Gasteiger partial charge in [-0.3, -0.25) is 4.79 Å². The average Bonchev–Trinajstić information content (AvgIpc) is 2.31. The van der Waals surface area contributed by atoms with Gasteiger partial charge in [0.15, 0.2) is 0 Å². The van der Waals surface area contributed by atoms with E-state index in [1.54, 1.807) is 24.3 Å². The van der Waals surface area contributed by atoms with Crippen molar-refractivity contribution < 1.29 is 14.6 Å². The normalized spacial score (nSPS) is 8.88. The Hall–Kier alpha value is -1.51. The lowest BCUT2D eigenvalue weighted by atomic mass is 10.2. The number of methoxy groups -OCH3 is 1. The predicted octanol–water partition coefficient (Wildman–Crippen LogP) is 3.13. The van der Waals surface area contributed by atoms with E-state index in [2.05, 4.69) is 11.7 Å². The van der Waals surface area contributed by atoms with Crippen LogP contribution in [0.3, 0.4) is 0 Å². The van der Waals surface area contributed by atoms with Gasteiger partial charge in [-0.2, -0.15) is 0 Å². The predicted molar refractivity (Wildman–Crippen MR) is 64.3 cm³/mol. The van der Waals surface area contributed by atoms with Crippen LogP contribution in [0.1, 0.15) is 32.6 Å². The summed E-state index contributed by atoms with van der Waals surface area (Å²) in [5.41, 5.74) is 0. The summed E-state index contributed by atoms with van der Waals surface area (Å²) in [5, 5.41) is 8.63. The van der Waals surface area contributed by atoms with Crippen molar-refractivity contribution in [2.24, 2.45) is 0 Å². The zero-order valence-electron chi connectivity index (χ0n) is 9.98. The standard InChI is InChI=1S/C7H14O2.C6H6O/c1-3-4-5-6-7(8)9-2;7-6-4-2-1-3-5-6/h3-6H2,1-2H3;1-5,7H. The van der Waals surface area contributed by atoms with Crippen molar-refractivity contribution in [1.29, 1.82) is 0 Å². The molecule has 0 saturated heterocycles. The van der Waals surface area contributed by atoms with Gasteiger partial charge in [-0.1, -0.05) is 38.0 Å². The van der Waals surface area contributed by atoms with Crippen LogP contribution in [0.15, 0.2) is 30.3 Å². The van der Waals surface area contributed by atoms with E-state index in [-0.39, 0.29) is 5.97 Å². The number of para-hydroxylation sites is 1. The van der Waals surface area contributed by atoms with Crippen LogP contribution < -0.4 is 0 Å². The molecule has 1 rings (SSSR count). The van der Waals surface area contributed by atoms with Crippen LogP contribution >= 0.6 is 0 Å². The maximum atomic E-state index is 10.5. The second-order valence-corrected chi connectivity index (χ2v) is 3.37. The van der Waals surface area contributed by atoms with Crippen molar-refractivity contribution in [2.45, 2.75) is 32.6 Å². The maximum Gasteiger partial charge on any atom is 0.305 e. The lowest BCUT2D eigenvalue weighted by molar-refractivity contribution is -0.140. The molecule has 0 bridgehead atoms. The van der Waals surface area contributed by atoms with Crippen LogP contribution in [0, 0.1) is 0 Å². The highest BCUT2D eigenvalue weighted by Gasteiger charge is 1.96. The van der Waals surface area contributed by atoms with Gasteiger partial charge >= 0.3 is 5.97 Å². The average molecular weight is 224 g/mol. The van der Waals surface area contributed by atoms with Crippen molar-refractivity contribution in [3.05, 3.63) is 30.3 Å². The molecule has 0 aliphatic rings. The first-order chi connectivity index (χ1) is 7.70. The molecule has 0 unspecified atom stereocenters. The zero-order valence-corrected chi connectivity index (χ0v) is 9.98. The molecule has 0 radical (unpaired) electrons. The van der Waals surface area contributed by atoms with E-state index in [0.29, 0.717) is 12.2 Å². The van der Waals surface area contributed by atoms with Gasteiger partial charge in [0.1, 0.15) is 5.75 Å². The Morgan fingerprint density at radius 3 is 2.25 bits per heavy atom. The third-order valence-corrected chi connectivity index (χ3v) is 1.97. The number of carbonyl (C=O) groups is 1. The van der Waals surface area contributed by atoms with Gasteiger partial charge in [0.2, 0.25) is 0 Å². The van der Waals surface area contributed by atoms with E-state index in [0.717, 1.165) is 19.3 Å². The highest BCUT2D eigenvalue weighted by molar-refractivity contribution is 5.68. The first-order valence-corrected chi connectivity index (χ1v) is 5.51. The molecule has 90 valence electrons. The van der Waals surface area contributed by atoms with Gasteiger partial charge in [0.25, 0.3) is 0 Å². The first-order valence-electron chi connectivity index (χ1n) is 5.51. The van der Waals surface area contributed by atoms with E-state index in [1.807, 2.05) is 6.07 Å². The second kappa shape index (κ2) is 10.0. The van der Waals surface area contributed by atoms with E-state index in [1.165, 1.54) is 7.11 Å². The molecular weight excluding hydrogens is 204 g/mol. The SMILES string of the molecule is CCCCCC(=O)OC.Oc1ccccc1. The smallest absolute Gasteiger partial charge is 0.305 e.